The first-order valence-corrected chi connectivity index (χ1v) is 5.38. The fourth-order valence-electron chi connectivity index (χ4n) is 0.717. The molecule has 0 spiro atoms. The second-order valence-corrected chi connectivity index (χ2v) is 4.73. The van der Waals surface area contributed by atoms with Crippen LogP contribution in [0.15, 0.2) is 35.2 Å². The van der Waals surface area contributed by atoms with Crippen molar-refractivity contribution >= 4 is 21.4 Å². The number of rotatable bonds is 3. The summed E-state index contributed by atoms with van der Waals surface area (Å²) in [6, 6.07) is 1.54. The molecule has 0 saturated heterocycles. The third kappa shape index (κ3) is 2.78. The Hall–Kier alpha value is -0.940. The summed E-state index contributed by atoms with van der Waals surface area (Å²) >= 11 is 5.38. The largest absolute Gasteiger partial charge is 0.247 e. The lowest BCUT2D eigenvalue weighted by Gasteiger charge is -1.99. The predicted octanol–water partition coefficient (Wildman–Crippen LogP) is 1.00. The molecule has 0 amide bonds. The maximum Gasteiger partial charge on any atom is 0.247 e. The first kappa shape index (κ1) is 10.1. The summed E-state index contributed by atoms with van der Waals surface area (Å²) in [5.74, 6) is -0.335. The number of halogens is 1. The Morgan fingerprint density at radius 1 is 1.46 bits per heavy atom. The summed E-state index contributed by atoms with van der Waals surface area (Å²) in [5.41, 5.74) is 0. The van der Waals surface area contributed by atoms with E-state index in [2.05, 4.69) is 16.5 Å². The van der Waals surface area contributed by atoms with Crippen molar-refractivity contribution in [2.24, 2.45) is 0 Å². The van der Waals surface area contributed by atoms with Crippen molar-refractivity contribution in [3.63, 3.8) is 0 Å². The highest BCUT2D eigenvalue weighted by Crippen LogP contribution is 2.09. The van der Waals surface area contributed by atoms with Crippen LogP contribution < -0.4 is 0 Å². The van der Waals surface area contributed by atoms with Crippen LogP contribution in [0.5, 0.6) is 0 Å². The maximum absolute atomic E-state index is 11.4. The van der Waals surface area contributed by atoms with Crippen LogP contribution in [-0.4, -0.2) is 24.1 Å². The van der Waals surface area contributed by atoms with Gasteiger partial charge in [0, 0.05) is 17.4 Å². The lowest BCUT2D eigenvalue weighted by atomic mass is 10.7. The second-order valence-electron chi connectivity index (χ2n) is 2.31. The molecule has 1 rings (SSSR count). The molecule has 0 aliphatic rings. The Bertz CT molecular complexity index is 402. The zero-order valence-electron chi connectivity index (χ0n) is 6.64. The van der Waals surface area contributed by atoms with Crippen LogP contribution in [0.25, 0.3) is 0 Å². The van der Waals surface area contributed by atoms with Gasteiger partial charge in [-0.25, -0.2) is 18.4 Å². The predicted molar refractivity (Wildman–Crippen MR) is 49.1 cm³/mol. The van der Waals surface area contributed by atoms with Crippen LogP contribution >= 0.6 is 11.6 Å². The van der Waals surface area contributed by atoms with E-state index in [0.29, 0.717) is 0 Å². The number of hydrogen-bond acceptors (Lipinski definition) is 4. The summed E-state index contributed by atoms with van der Waals surface area (Å²) in [6.07, 6.45) is 2.72. The number of nitrogens with zero attached hydrogens (tertiary/aromatic N) is 2. The third-order valence-corrected chi connectivity index (χ3v) is 2.95. The minimum absolute atomic E-state index is 0.0486. The van der Waals surface area contributed by atoms with Gasteiger partial charge < -0.3 is 0 Å². The molecular weight excluding hydrogens is 212 g/mol. The lowest BCUT2D eigenvalue weighted by Crippen LogP contribution is -2.10. The minimum Gasteiger partial charge on any atom is -0.227 e. The fraction of sp³-hybridized carbons (Fsp3) is 0.143. The van der Waals surface area contributed by atoms with E-state index in [1.807, 2.05) is 0 Å². The minimum atomic E-state index is -3.51. The highest BCUT2D eigenvalue weighted by molar-refractivity contribution is 7.91. The summed E-state index contributed by atoms with van der Waals surface area (Å²) in [7, 11) is -3.51. The Balaban J connectivity index is 3.02. The van der Waals surface area contributed by atoms with E-state index in [1.54, 1.807) is 0 Å². The van der Waals surface area contributed by atoms with Crippen molar-refractivity contribution < 1.29 is 8.42 Å². The fourth-order valence-corrected chi connectivity index (χ4v) is 2.13. The van der Waals surface area contributed by atoms with Crippen molar-refractivity contribution in [2.45, 2.75) is 5.16 Å². The number of aromatic nitrogens is 2. The molecule has 6 heteroatoms. The highest BCUT2D eigenvalue weighted by atomic mass is 35.5. The Kier molecular flexibility index (Phi) is 3.00. The van der Waals surface area contributed by atoms with Crippen LogP contribution in [0.4, 0.5) is 0 Å². The van der Waals surface area contributed by atoms with Crippen molar-refractivity contribution in [2.75, 3.05) is 5.75 Å². The molecule has 1 aromatic heterocycles. The van der Waals surface area contributed by atoms with E-state index in [-0.39, 0.29) is 15.9 Å². The molecule has 0 saturated carbocycles. The molecule has 0 radical (unpaired) electrons. The highest BCUT2D eigenvalue weighted by Gasteiger charge is 2.17. The Labute approximate surface area is 81.2 Å². The molecule has 0 fully saturated rings. The molecule has 0 unspecified atom stereocenters. The van der Waals surface area contributed by atoms with Gasteiger partial charge in [0.15, 0.2) is 0 Å². The third-order valence-electron chi connectivity index (χ3n) is 1.17. The summed E-state index contributed by atoms with van der Waals surface area (Å²) < 4.78 is 22.7. The first-order chi connectivity index (χ1) is 6.02. The van der Waals surface area contributed by atoms with Gasteiger partial charge in [-0.1, -0.05) is 18.2 Å². The molecule has 70 valence electrons. The molecule has 1 heterocycles. The summed E-state index contributed by atoms with van der Waals surface area (Å²) in [6.45, 7) is 3.30. The van der Waals surface area contributed by atoms with Gasteiger partial charge in [-0.2, -0.15) is 0 Å². The molecule has 1 aromatic rings. The lowest BCUT2D eigenvalue weighted by molar-refractivity contribution is 0.589. The standard InChI is InChI=1S/C7H7ClN2O2S/c1-6(8)5-13(11,12)7-9-3-2-4-10-7/h2-4H,1,5H2. The molecule has 0 bridgehead atoms. The summed E-state index contributed by atoms with van der Waals surface area (Å²) in [5, 5.41) is -0.177. The second kappa shape index (κ2) is 3.85. The van der Waals surface area contributed by atoms with E-state index in [9.17, 15) is 8.42 Å². The average molecular weight is 219 g/mol. The van der Waals surface area contributed by atoms with Crippen LogP contribution in [0, 0.1) is 0 Å². The summed E-state index contributed by atoms with van der Waals surface area (Å²) in [4.78, 5) is 7.21. The van der Waals surface area contributed by atoms with Gasteiger partial charge in [0.2, 0.25) is 15.0 Å². The van der Waals surface area contributed by atoms with Gasteiger partial charge in [0.05, 0.1) is 5.75 Å². The Morgan fingerprint density at radius 2 is 2.00 bits per heavy atom. The van der Waals surface area contributed by atoms with Gasteiger partial charge in [0.1, 0.15) is 0 Å². The zero-order valence-corrected chi connectivity index (χ0v) is 8.22. The Morgan fingerprint density at radius 3 is 2.46 bits per heavy atom. The van der Waals surface area contributed by atoms with E-state index in [0.717, 1.165) is 0 Å². The van der Waals surface area contributed by atoms with E-state index in [1.165, 1.54) is 18.5 Å². The van der Waals surface area contributed by atoms with E-state index in [4.69, 9.17) is 11.6 Å². The molecule has 13 heavy (non-hydrogen) atoms. The van der Waals surface area contributed by atoms with Crippen LogP contribution in [0.1, 0.15) is 0 Å². The number of hydrogen-bond donors (Lipinski definition) is 0. The van der Waals surface area contributed by atoms with Crippen LogP contribution in [0.3, 0.4) is 0 Å². The van der Waals surface area contributed by atoms with Gasteiger partial charge >= 0.3 is 0 Å². The van der Waals surface area contributed by atoms with E-state index >= 15 is 0 Å². The van der Waals surface area contributed by atoms with Gasteiger partial charge in [-0.3, -0.25) is 0 Å². The molecule has 0 aliphatic heterocycles. The van der Waals surface area contributed by atoms with Crippen molar-refractivity contribution in [1.29, 1.82) is 0 Å². The van der Waals surface area contributed by atoms with Gasteiger partial charge in [0.25, 0.3) is 0 Å². The van der Waals surface area contributed by atoms with Crippen molar-refractivity contribution in [3.05, 3.63) is 30.1 Å². The molecule has 0 aliphatic carbocycles. The average Bonchev–Trinajstić information content (AvgIpc) is 2.04. The quantitative estimate of drug-likeness (QED) is 0.711. The molecule has 0 atom stereocenters. The van der Waals surface area contributed by atoms with Crippen LogP contribution in [0.2, 0.25) is 0 Å². The van der Waals surface area contributed by atoms with Gasteiger partial charge in [-0.15, -0.1) is 0 Å². The normalized spacial score (nSPS) is 11.2. The smallest absolute Gasteiger partial charge is 0.227 e. The molecule has 0 aromatic carbocycles. The van der Waals surface area contributed by atoms with Crippen LogP contribution in [-0.2, 0) is 9.84 Å². The maximum atomic E-state index is 11.4. The van der Waals surface area contributed by atoms with E-state index < -0.39 is 9.84 Å². The van der Waals surface area contributed by atoms with Crippen molar-refractivity contribution in [1.82, 2.24) is 9.97 Å². The topological polar surface area (TPSA) is 59.9 Å². The molecule has 0 N–H and O–H groups in total. The molecule has 4 nitrogen and oxygen atoms in total. The first-order valence-electron chi connectivity index (χ1n) is 3.35. The molecular formula is C7H7ClN2O2S. The number of sulfone groups is 1. The monoisotopic (exact) mass is 218 g/mol. The SMILES string of the molecule is C=C(Cl)CS(=O)(=O)c1ncccn1. The van der Waals surface area contributed by atoms with Crippen molar-refractivity contribution in [3.8, 4) is 0 Å². The van der Waals surface area contributed by atoms with Gasteiger partial charge in [-0.05, 0) is 6.07 Å². The zero-order chi connectivity index (χ0) is 9.90.